The van der Waals surface area contributed by atoms with Gasteiger partial charge in [0.05, 0.1) is 6.54 Å². The van der Waals surface area contributed by atoms with Crippen LogP contribution in [0.1, 0.15) is 26.2 Å². The molecule has 3 atom stereocenters. The third-order valence-electron chi connectivity index (χ3n) is 3.47. The van der Waals surface area contributed by atoms with Gasteiger partial charge >= 0.3 is 0 Å². The van der Waals surface area contributed by atoms with Gasteiger partial charge in [-0.25, -0.2) is 0 Å². The molecule has 1 aliphatic heterocycles. The molecule has 0 saturated carbocycles. The number of piperidine rings is 1. The Kier molecular flexibility index (Phi) is 6.07. The Morgan fingerprint density at radius 1 is 1.56 bits per heavy atom. The van der Waals surface area contributed by atoms with Crippen molar-refractivity contribution in [1.82, 2.24) is 10.6 Å². The molecule has 0 aromatic rings. The Hall–Kier alpha value is -1.14. The summed E-state index contributed by atoms with van der Waals surface area (Å²) in [6, 6.07) is 0. The van der Waals surface area contributed by atoms with Crippen LogP contribution in [0.3, 0.4) is 0 Å². The van der Waals surface area contributed by atoms with Crippen molar-refractivity contribution in [3.63, 3.8) is 0 Å². The van der Waals surface area contributed by atoms with Crippen molar-refractivity contribution in [2.75, 3.05) is 19.6 Å². The predicted octanol–water partition coefficient (Wildman–Crippen LogP) is -1.03. The number of carbonyl (C=O) groups is 2. The number of carbonyl (C=O) groups excluding carboxylic acids is 2. The number of nitrogens with two attached hydrogens (primary N) is 1. The third-order valence-corrected chi connectivity index (χ3v) is 3.47. The number of hydrogen-bond acceptors (Lipinski definition) is 4. The summed E-state index contributed by atoms with van der Waals surface area (Å²) in [5.74, 6) is -0.151. The van der Waals surface area contributed by atoms with Crippen LogP contribution in [-0.4, -0.2) is 42.7 Å². The fourth-order valence-electron chi connectivity index (χ4n) is 2.21. The first-order valence-corrected chi connectivity index (χ1v) is 6.45. The number of aliphatic hydroxyl groups is 1. The molecule has 18 heavy (non-hydrogen) atoms. The zero-order valence-electron chi connectivity index (χ0n) is 10.8. The van der Waals surface area contributed by atoms with Gasteiger partial charge in [0, 0.05) is 6.42 Å². The van der Waals surface area contributed by atoms with Gasteiger partial charge in [-0.15, -0.1) is 0 Å². The summed E-state index contributed by atoms with van der Waals surface area (Å²) >= 11 is 0. The van der Waals surface area contributed by atoms with E-state index in [9.17, 15) is 9.59 Å². The summed E-state index contributed by atoms with van der Waals surface area (Å²) in [6.45, 7) is 3.96. The van der Waals surface area contributed by atoms with E-state index in [1.807, 2.05) is 0 Å². The molecule has 3 unspecified atom stereocenters. The normalized spacial score (nSPS) is 23.1. The SMILES string of the molecule is CC(CC(=O)NCC(O)C(N)=O)C1CCCNC1. The smallest absolute Gasteiger partial charge is 0.248 e. The maximum absolute atomic E-state index is 11.6. The highest BCUT2D eigenvalue weighted by molar-refractivity contribution is 5.81. The van der Waals surface area contributed by atoms with E-state index in [2.05, 4.69) is 17.6 Å². The number of hydrogen-bond donors (Lipinski definition) is 4. The zero-order valence-corrected chi connectivity index (χ0v) is 10.8. The number of amides is 2. The van der Waals surface area contributed by atoms with Gasteiger partial charge < -0.3 is 21.5 Å². The van der Waals surface area contributed by atoms with Crippen molar-refractivity contribution < 1.29 is 14.7 Å². The van der Waals surface area contributed by atoms with E-state index in [-0.39, 0.29) is 12.5 Å². The summed E-state index contributed by atoms with van der Waals surface area (Å²) in [4.78, 5) is 22.2. The highest BCUT2D eigenvalue weighted by Crippen LogP contribution is 2.22. The minimum Gasteiger partial charge on any atom is -0.381 e. The maximum Gasteiger partial charge on any atom is 0.248 e. The third kappa shape index (κ3) is 5.01. The molecule has 1 fully saturated rings. The molecule has 1 saturated heterocycles. The highest BCUT2D eigenvalue weighted by Gasteiger charge is 2.22. The molecular formula is C12H23N3O3. The van der Waals surface area contributed by atoms with Gasteiger partial charge in [0.15, 0.2) is 0 Å². The number of rotatable bonds is 6. The van der Waals surface area contributed by atoms with E-state index >= 15 is 0 Å². The molecule has 0 aromatic heterocycles. The van der Waals surface area contributed by atoms with Crippen LogP contribution in [0.2, 0.25) is 0 Å². The van der Waals surface area contributed by atoms with Crippen molar-refractivity contribution in [2.45, 2.75) is 32.3 Å². The lowest BCUT2D eigenvalue weighted by atomic mass is 9.85. The number of nitrogens with one attached hydrogen (secondary N) is 2. The van der Waals surface area contributed by atoms with Crippen LogP contribution in [0.5, 0.6) is 0 Å². The maximum atomic E-state index is 11.6. The van der Waals surface area contributed by atoms with Gasteiger partial charge in [-0.1, -0.05) is 6.92 Å². The quantitative estimate of drug-likeness (QED) is 0.488. The second kappa shape index (κ2) is 7.33. The molecule has 1 heterocycles. The highest BCUT2D eigenvalue weighted by atomic mass is 16.3. The molecule has 0 aliphatic carbocycles. The number of aliphatic hydroxyl groups excluding tert-OH is 1. The average molecular weight is 257 g/mol. The fourth-order valence-corrected chi connectivity index (χ4v) is 2.21. The van der Waals surface area contributed by atoms with E-state index in [4.69, 9.17) is 10.8 Å². The standard InChI is InChI=1S/C12H23N3O3/c1-8(9-3-2-4-14-6-9)5-11(17)15-7-10(16)12(13)18/h8-10,14,16H,2-7H2,1H3,(H2,13,18)(H,15,17). The molecule has 0 bridgehead atoms. The van der Waals surface area contributed by atoms with Crippen LogP contribution in [0, 0.1) is 11.8 Å². The van der Waals surface area contributed by atoms with Crippen LogP contribution in [0.25, 0.3) is 0 Å². The van der Waals surface area contributed by atoms with Gasteiger partial charge in [-0.05, 0) is 37.8 Å². The summed E-state index contributed by atoms with van der Waals surface area (Å²) < 4.78 is 0. The molecule has 104 valence electrons. The number of primary amides is 1. The Labute approximate surface area is 107 Å². The summed E-state index contributed by atoms with van der Waals surface area (Å²) in [7, 11) is 0. The van der Waals surface area contributed by atoms with Crippen molar-refractivity contribution in [2.24, 2.45) is 17.6 Å². The Balaban J connectivity index is 2.24. The molecule has 6 heteroatoms. The van der Waals surface area contributed by atoms with Crippen LogP contribution < -0.4 is 16.4 Å². The largest absolute Gasteiger partial charge is 0.381 e. The lowest BCUT2D eigenvalue weighted by Crippen LogP contribution is -2.41. The first-order valence-electron chi connectivity index (χ1n) is 6.45. The van der Waals surface area contributed by atoms with Crippen LogP contribution in [0.15, 0.2) is 0 Å². The summed E-state index contributed by atoms with van der Waals surface area (Å²) in [5, 5.41) is 15.0. The topological polar surface area (TPSA) is 104 Å². The first-order chi connectivity index (χ1) is 8.50. The Bertz CT molecular complexity index is 290. The lowest BCUT2D eigenvalue weighted by Gasteiger charge is -2.28. The van der Waals surface area contributed by atoms with Crippen LogP contribution in [0.4, 0.5) is 0 Å². The fraction of sp³-hybridized carbons (Fsp3) is 0.833. The second-order valence-corrected chi connectivity index (χ2v) is 5.01. The molecule has 0 aromatic carbocycles. The Morgan fingerprint density at radius 2 is 2.28 bits per heavy atom. The van der Waals surface area contributed by atoms with Gasteiger partial charge in [0.1, 0.15) is 6.10 Å². The van der Waals surface area contributed by atoms with E-state index < -0.39 is 12.0 Å². The van der Waals surface area contributed by atoms with E-state index in [0.29, 0.717) is 18.3 Å². The van der Waals surface area contributed by atoms with Crippen molar-refractivity contribution in [3.05, 3.63) is 0 Å². The van der Waals surface area contributed by atoms with Crippen molar-refractivity contribution >= 4 is 11.8 Å². The Morgan fingerprint density at radius 3 is 2.83 bits per heavy atom. The minimum atomic E-state index is -1.30. The van der Waals surface area contributed by atoms with Gasteiger partial charge in [-0.2, -0.15) is 0 Å². The molecule has 2 amide bonds. The monoisotopic (exact) mass is 257 g/mol. The molecule has 5 N–H and O–H groups in total. The van der Waals surface area contributed by atoms with Crippen molar-refractivity contribution in [3.8, 4) is 0 Å². The lowest BCUT2D eigenvalue weighted by molar-refractivity contribution is -0.127. The zero-order chi connectivity index (χ0) is 13.5. The molecule has 1 aliphatic rings. The molecule has 0 spiro atoms. The second-order valence-electron chi connectivity index (χ2n) is 5.01. The van der Waals surface area contributed by atoms with Crippen LogP contribution >= 0.6 is 0 Å². The molecule has 6 nitrogen and oxygen atoms in total. The van der Waals surface area contributed by atoms with Gasteiger partial charge in [0.25, 0.3) is 0 Å². The predicted molar refractivity (Wildman–Crippen MR) is 67.6 cm³/mol. The first kappa shape index (κ1) is 14.9. The van der Waals surface area contributed by atoms with Crippen LogP contribution in [-0.2, 0) is 9.59 Å². The molecule has 1 rings (SSSR count). The molecular weight excluding hydrogens is 234 g/mol. The van der Waals surface area contributed by atoms with E-state index in [0.717, 1.165) is 25.9 Å². The van der Waals surface area contributed by atoms with Crippen molar-refractivity contribution in [1.29, 1.82) is 0 Å². The summed E-state index contributed by atoms with van der Waals surface area (Å²) in [6.07, 6.45) is 1.40. The molecule has 0 radical (unpaired) electrons. The average Bonchev–Trinajstić information content (AvgIpc) is 2.36. The van der Waals surface area contributed by atoms with E-state index in [1.54, 1.807) is 0 Å². The summed E-state index contributed by atoms with van der Waals surface area (Å²) in [5.41, 5.74) is 4.89. The van der Waals surface area contributed by atoms with Gasteiger partial charge in [0.2, 0.25) is 11.8 Å². The van der Waals surface area contributed by atoms with Gasteiger partial charge in [-0.3, -0.25) is 9.59 Å². The minimum absolute atomic E-state index is 0.107. The van der Waals surface area contributed by atoms with E-state index in [1.165, 1.54) is 0 Å².